The summed E-state index contributed by atoms with van der Waals surface area (Å²) in [7, 11) is -1.60. The summed E-state index contributed by atoms with van der Waals surface area (Å²) in [5.41, 5.74) is 1.72. The van der Waals surface area contributed by atoms with Crippen LogP contribution in [0.1, 0.15) is 52.4 Å². The lowest BCUT2D eigenvalue weighted by molar-refractivity contribution is -0.145. The largest absolute Gasteiger partial charge is 0.414 e. The first kappa shape index (κ1) is 21.1. The molecule has 0 aromatic heterocycles. The summed E-state index contributed by atoms with van der Waals surface area (Å²) in [5, 5.41) is 0. The van der Waals surface area contributed by atoms with Crippen LogP contribution in [0.2, 0.25) is 19.6 Å². The molecular formula is C24H38O2S2Si. The highest BCUT2D eigenvalue weighted by Gasteiger charge is 2.62. The molecule has 5 unspecified atom stereocenters. The molecule has 5 aliphatic rings. The van der Waals surface area contributed by atoms with Crippen molar-refractivity contribution in [1.82, 2.24) is 0 Å². The zero-order valence-corrected chi connectivity index (χ0v) is 21.5. The van der Waals surface area contributed by atoms with Crippen molar-refractivity contribution in [3.05, 3.63) is 11.6 Å². The number of hydrogen-bond acceptors (Lipinski definition) is 4. The van der Waals surface area contributed by atoms with E-state index in [4.69, 9.17) is 4.43 Å². The number of fused-ring (bicyclic) bond motifs is 5. The molecule has 0 amide bonds. The third kappa shape index (κ3) is 3.45. The lowest BCUT2D eigenvalue weighted by Gasteiger charge is -2.56. The average Bonchev–Trinajstić information content (AvgIpc) is 3.18. The lowest BCUT2D eigenvalue weighted by atomic mass is 9.49. The Kier molecular flexibility index (Phi) is 5.21. The number of allylic oxidation sites excluding steroid dienone is 1. The van der Waals surface area contributed by atoms with Gasteiger partial charge in [-0.25, -0.2) is 0 Å². The van der Waals surface area contributed by atoms with Crippen molar-refractivity contribution in [2.24, 2.45) is 35.0 Å². The molecule has 0 bridgehead atoms. The van der Waals surface area contributed by atoms with Gasteiger partial charge in [-0.3, -0.25) is 4.79 Å². The maximum Gasteiger partial charge on any atom is 0.184 e. The molecule has 1 saturated heterocycles. The summed E-state index contributed by atoms with van der Waals surface area (Å²) in [6.07, 6.45) is 9.88. The monoisotopic (exact) mass is 450 g/mol. The van der Waals surface area contributed by atoms with Gasteiger partial charge < -0.3 is 4.43 Å². The third-order valence-corrected chi connectivity index (χ3v) is 13.1. The number of rotatable bonds is 2. The fraction of sp³-hybridized carbons (Fsp3) is 0.875. The molecule has 4 fully saturated rings. The predicted molar refractivity (Wildman–Crippen MR) is 128 cm³/mol. The maximum absolute atomic E-state index is 13.7. The van der Waals surface area contributed by atoms with E-state index in [9.17, 15) is 4.79 Å². The van der Waals surface area contributed by atoms with Crippen LogP contribution in [0, 0.1) is 35.0 Å². The SMILES string of the molecule is CC1CC2=CC3(CCC2C2C(=O)C[C@@]4(C)C(CC[C@@H]4O[Si](C)(C)C)C12)SCCS3. The van der Waals surface area contributed by atoms with Gasteiger partial charge in [0.25, 0.3) is 0 Å². The molecule has 4 aliphatic carbocycles. The molecule has 0 aromatic carbocycles. The van der Waals surface area contributed by atoms with Crippen LogP contribution in [0.4, 0.5) is 0 Å². The molecule has 7 atom stereocenters. The van der Waals surface area contributed by atoms with Crippen LogP contribution >= 0.6 is 23.5 Å². The first-order valence-electron chi connectivity index (χ1n) is 11.8. The molecule has 3 saturated carbocycles. The minimum absolute atomic E-state index is 0.0705. The summed E-state index contributed by atoms with van der Waals surface area (Å²) in [5.74, 6) is 5.88. The Morgan fingerprint density at radius 1 is 1.14 bits per heavy atom. The van der Waals surface area contributed by atoms with E-state index < -0.39 is 8.32 Å². The van der Waals surface area contributed by atoms with Crippen molar-refractivity contribution >= 4 is 37.6 Å². The Morgan fingerprint density at radius 2 is 1.86 bits per heavy atom. The second-order valence-electron chi connectivity index (χ2n) is 11.7. The minimum atomic E-state index is -1.60. The van der Waals surface area contributed by atoms with Crippen molar-refractivity contribution in [2.45, 2.75) is 82.2 Å². The van der Waals surface area contributed by atoms with Gasteiger partial charge in [0, 0.05) is 29.3 Å². The van der Waals surface area contributed by atoms with E-state index in [-0.39, 0.29) is 5.41 Å². The number of hydrogen-bond donors (Lipinski definition) is 0. The van der Waals surface area contributed by atoms with Crippen LogP contribution in [-0.4, -0.2) is 35.8 Å². The van der Waals surface area contributed by atoms with Crippen molar-refractivity contribution in [3.63, 3.8) is 0 Å². The van der Waals surface area contributed by atoms with Crippen molar-refractivity contribution in [3.8, 4) is 0 Å². The van der Waals surface area contributed by atoms with Crippen LogP contribution < -0.4 is 0 Å². The summed E-state index contributed by atoms with van der Waals surface area (Å²) in [4.78, 5) is 13.7. The smallest absolute Gasteiger partial charge is 0.184 e. The second-order valence-corrected chi connectivity index (χ2v) is 19.3. The Balaban J connectivity index is 1.45. The topological polar surface area (TPSA) is 26.3 Å². The zero-order chi connectivity index (χ0) is 20.6. The van der Waals surface area contributed by atoms with Crippen LogP contribution in [-0.2, 0) is 9.22 Å². The van der Waals surface area contributed by atoms with Gasteiger partial charge in [0.05, 0.1) is 10.2 Å². The quantitative estimate of drug-likeness (QED) is 0.360. The number of thioether (sulfide) groups is 2. The van der Waals surface area contributed by atoms with Gasteiger partial charge in [0.2, 0.25) is 0 Å². The summed E-state index contributed by atoms with van der Waals surface area (Å²) in [6.45, 7) is 11.8. The highest BCUT2D eigenvalue weighted by Crippen LogP contribution is 2.64. The molecule has 1 spiro atoms. The normalized spacial score (nSPS) is 46.2. The van der Waals surface area contributed by atoms with E-state index in [0.29, 0.717) is 45.6 Å². The van der Waals surface area contributed by atoms with Crippen molar-refractivity contribution in [2.75, 3.05) is 11.5 Å². The maximum atomic E-state index is 13.7. The minimum Gasteiger partial charge on any atom is -0.414 e. The van der Waals surface area contributed by atoms with Gasteiger partial charge in [-0.2, -0.15) is 0 Å². The van der Waals surface area contributed by atoms with Gasteiger partial charge in [-0.1, -0.05) is 25.5 Å². The van der Waals surface area contributed by atoms with Gasteiger partial charge in [-0.15, -0.1) is 23.5 Å². The fourth-order valence-corrected chi connectivity index (χ4v) is 12.2. The standard InChI is InChI=1S/C24H38O2S2Si/c1-15-12-16-13-24(27-10-11-28-24)9-8-17(16)22-19(25)14-23(2)18(21(15)22)6-7-20(23)26-29(3,4)5/h13,15,17-18,20-22H,6-12,14H2,1-5H3/t15?,17?,18?,20-,21?,22?,23-/m0/s1. The zero-order valence-electron chi connectivity index (χ0n) is 18.8. The molecular weight excluding hydrogens is 412 g/mol. The Bertz CT molecular complexity index is 723. The van der Waals surface area contributed by atoms with Gasteiger partial charge in [0.1, 0.15) is 5.78 Å². The highest BCUT2D eigenvalue weighted by molar-refractivity contribution is 8.21. The Morgan fingerprint density at radius 3 is 2.55 bits per heavy atom. The van der Waals surface area contributed by atoms with E-state index in [1.54, 1.807) is 5.57 Å². The highest BCUT2D eigenvalue weighted by atomic mass is 32.2. The van der Waals surface area contributed by atoms with E-state index >= 15 is 0 Å². The summed E-state index contributed by atoms with van der Waals surface area (Å²) >= 11 is 4.32. The number of carbonyl (C=O) groups excluding carboxylic acids is 1. The van der Waals surface area contributed by atoms with Crippen LogP contribution in [0.5, 0.6) is 0 Å². The van der Waals surface area contributed by atoms with Crippen LogP contribution in [0.15, 0.2) is 11.6 Å². The molecule has 5 rings (SSSR count). The molecule has 0 N–H and O–H groups in total. The first-order valence-corrected chi connectivity index (χ1v) is 17.2. The molecule has 162 valence electrons. The van der Waals surface area contributed by atoms with Crippen molar-refractivity contribution < 1.29 is 9.22 Å². The second kappa shape index (κ2) is 7.15. The molecule has 5 heteroatoms. The molecule has 29 heavy (non-hydrogen) atoms. The van der Waals surface area contributed by atoms with E-state index in [1.165, 1.54) is 43.6 Å². The van der Waals surface area contributed by atoms with E-state index in [0.717, 1.165) is 6.42 Å². The number of Topliss-reactive ketones (excluding diaryl/α,β-unsaturated/α-hetero) is 1. The van der Waals surface area contributed by atoms with E-state index in [2.05, 4.69) is 63.1 Å². The molecule has 0 aromatic rings. The van der Waals surface area contributed by atoms with Gasteiger partial charge in [0.15, 0.2) is 8.32 Å². The van der Waals surface area contributed by atoms with Crippen LogP contribution in [0.3, 0.4) is 0 Å². The Labute approximate surface area is 186 Å². The first-order chi connectivity index (χ1) is 13.6. The molecule has 2 nitrogen and oxygen atoms in total. The van der Waals surface area contributed by atoms with Gasteiger partial charge in [-0.05, 0) is 75.4 Å². The van der Waals surface area contributed by atoms with Crippen molar-refractivity contribution in [1.29, 1.82) is 0 Å². The van der Waals surface area contributed by atoms with Gasteiger partial charge >= 0.3 is 0 Å². The predicted octanol–water partition coefficient (Wildman–Crippen LogP) is 6.38. The summed E-state index contributed by atoms with van der Waals surface area (Å²) < 4.78 is 7.02. The number of ketones is 1. The Hall–Kier alpha value is 0.287. The molecule has 1 aliphatic heterocycles. The van der Waals surface area contributed by atoms with E-state index in [1.807, 2.05) is 0 Å². The summed E-state index contributed by atoms with van der Waals surface area (Å²) in [6, 6.07) is 0. The average molecular weight is 451 g/mol. The number of carbonyl (C=O) groups is 1. The third-order valence-electron chi connectivity index (χ3n) is 8.73. The molecule has 1 heterocycles. The lowest BCUT2D eigenvalue weighted by Crippen LogP contribution is -2.55. The van der Waals surface area contributed by atoms with Crippen LogP contribution in [0.25, 0.3) is 0 Å². The molecule has 0 radical (unpaired) electrons. The fourth-order valence-electron chi connectivity index (χ4n) is 7.76.